The van der Waals surface area contributed by atoms with E-state index < -0.39 is 0 Å². The van der Waals surface area contributed by atoms with Gasteiger partial charge in [0.05, 0.1) is 51.0 Å². The third-order valence-corrected chi connectivity index (χ3v) is 9.40. The second-order valence-corrected chi connectivity index (χ2v) is 12.0. The maximum Gasteiger partial charge on any atom is 0.0998 e. The van der Waals surface area contributed by atoms with Crippen molar-refractivity contribution in [3.63, 3.8) is 0 Å². The third-order valence-electron chi connectivity index (χ3n) is 9.40. The monoisotopic (exact) mass is 610 g/mol. The smallest absolute Gasteiger partial charge is 0.0998 e. The van der Waals surface area contributed by atoms with Crippen LogP contribution in [-0.4, -0.2) is 9.13 Å². The maximum atomic E-state index is 10.5. The lowest BCUT2D eigenvalue weighted by atomic mass is 9.90. The van der Waals surface area contributed by atoms with E-state index in [1.807, 2.05) is 48.5 Å². The Balaban J connectivity index is 1.31. The van der Waals surface area contributed by atoms with Crippen molar-refractivity contribution in [2.45, 2.75) is 0 Å². The van der Waals surface area contributed by atoms with Crippen molar-refractivity contribution in [1.82, 2.24) is 9.13 Å². The minimum atomic E-state index is 0.607. The summed E-state index contributed by atoms with van der Waals surface area (Å²) < 4.78 is 4.56. The topological polar surface area (TPSA) is 57.4 Å². The van der Waals surface area contributed by atoms with E-state index in [4.69, 9.17) is 0 Å². The van der Waals surface area contributed by atoms with E-state index in [0.29, 0.717) is 11.1 Å². The highest BCUT2D eigenvalue weighted by atomic mass is 15.0. The van der Waals surface area contributed by atoms with Crippen LogP contribution in [0.3, 0.4) is 0 Å². The first-order valence-corrected chi connectivity index (χ1v) is 15.9. The molecule has 0 N–H and O–H groups in total. The predicted octanol–water partition coefficient (Wildman–Crippen LogP) is 11.0. The van der Waals surface area contributed by atoms with Crippen molar-refractivity contribution in [1.29, 1.82) is 10.5 Å². The van der Waals surface area contributed by atoms with Crippen LogP contribution in [0.25, 0.3) is 77.2 Å². The average Bonchev–Trinajstić information content (AvgIpc) is 3.67. The van der Waals surface area contributed by atoms with Gasteiger partial charge in [0.2, 0.25) is 0 Å². The zero-order chi connectivity index (χ0) is 32.2. The van der Waals surface area contributed by atoms with E-state index in [2.05, 4.69) is 130 Å². The molecule has 0 radical (unpaired) electrons. The Bertz CT molecular complexity index is 2760. The highest BCUT2D eigenvalue weighted by molar-refractivity contribution is 6.11. The molecule has 4 nitrogen and oxygen atoms in total. The van der Waals surface area contributed by atoms with Crippen molar-refractivity contribution in [2.75, 3.05) is 0 Å². The van der Waals surface area contributed by atoms with Gasteiger partial charge < -0.3 is 9.13 Å². The number of para-hydroxylation sites is 4. The van der Waals surface area contributed by atoms with Crippen LogP contribution in [0.15, 0.2) is 158 Å². The lowest BCUT2D eigenvalue weighted by molar-refractivity contribution is 1.18. The summed E-state index contributed by atoms with van der Waals surface area (Å²) in [6, 6.07) is 58.9. The van der Waals surface area contributed by atoms with Gasteiger partial charge in [-0.3, -0.25) is 0 Å². The molecule has 0 aliphatic carbocycles. The Kier molecular flexibility index (Phi) is 6.22. The molecule has 4 heteroatoms. The standard InChI is InChI=1S/C44H26N4/c45-27-29-23-24-37-35-16-3-7-21-41(35)48(43(37)25-29)42-22-8-4-17-36(42)38-18-10-12-31(28-46)44(38)30-11-9-13-32(26-30)47-39-19-5-1-14-33(39)34-15-2-6-20-40(34)47/h1-26H. The fraction of sp³-hybridized carbons (Fsp3) is 0. The molecular formula is C44H26N4. The lowest BCUT2D eigenvalue weighted by Gasteiger charge is -2.18. The van der Waals surface area contributed by atoms with Crippen molar-refractivity contribution in [2.24, 2.45) is 0 Å². The molecule has 0 fully saturated rings. The van der Waals surface area contributed by atoms with Gasteiger partial charge in [-0.1, -0.05) is 103 Å². The number of hydrogen-bond acceptors (Lipinski definition) is 2. The molecule has 0 atom stereocenters. The van der Waals surface area contributed by atoms with Crippen LogP contribution < -0.4 is 0 Å². The van der Waals surface area contributed by atoms with E-state index in [1.54, 1.807) is 0 Å². The largest absolute Gasteiger partial charge is 0.309 e. The molecule has 0 aliphatic heterocycles. The molecule has 2 aromatic heterocycles. The molecule has 222 valence electrons. The Hall–Kier alpha value is -6.88. The van der Waals surface area contributed by atoms with Crippen LogP contribution in [0.1, 0.15) is 11.1 Å². The number of hydrogen-bond donors (Lipinski definition) is 0. The number of fused-ring (bicyclic) bond motifs is 6. The van der Waals surface area contributed by atoms with E-state index in [0.717, 1.165) is 66.5 Å². The lowest BCUT2D eigenvalue weighted by Crippen LogP contribution is -2.00. The van der Waals surface area contributed by atoms with Crippen molar-refractivity contribution in [3.05, 3.63) is 169 Å². The number of rotatable bonds is 4. The van der Waals surface area contributed by atoms with Gasteiger partial charge in [-0.25, -0.2) is 0 Å². The molecule has 0 aliphatic rings. The summed E-state index contributed by atoms with van der Waals surface area (Å²) in [6.07, 6.45) is 0. The van der Waals surface area contributed by atoms with Gasteiger partial charge in [0.1, 0.15) is 0 Å². The third kappa shape index (κ3) is 4.07. The molecule has 0 saturated heterocycles. The first-order chi connectivity index (χ1) is 23.7. The van der Waals surface area contributed by atoms with Crippen LogP contribution in [0.4, 0.5) is 0 Å². The minimum absolute atomic E-state index is 0.607. The summed E-state index contributed by atoms with van der Waals surface area (Å²) in [7, 11) is 0. The van der Waals surface area contributed by atoms with Crippen LogP contribution >= 0.6 is 0 Å². The van der Waals surface area contributed by atoms with Crippen molar-refractivity contribution in [3.8, 4) is 45.8 Å². The molecule has 9 aromatic rings. The molecule has 0 saturated carbocycles. The first-order valence-electron chi connectivity index (χ1n) is 15.9. The Labute approximate surface area is 277 Å². The van der Waals surface area contributed by atoms with Gasteiger partial charge in [-0.15, -0.1) is 0 Å². The summed E-state index contributed by atoms with van der Waals surface area (Å²) in [6.45, 7) is 0. The Morgan fingerprint density at radius 2 is 1.00 bits per heavy atom. The van der Waals surface area contributed by atoms with Crippen molar-refractivity contribution < 1.29 is 0 Å². The maximum absolute atomic E-state index is 10.5. The molecule has 48 heavy (non-hydrogen) atoms. The molecule has 0 unspecified atom stereocenters. The second-order valence-electron chi connectivity index (χ2n) is 12.0. The van der Waals surface area contributed by atoms with Crippen molar-refractivity contribution >= 4 is 43.6 Å². The first kappa shape index (κ1) is 27.4. The van der Waals surface area contributed by atoms with E-state index in [-0.39, 0.29) is 0 Å². The molecule has 7 aromatic carbocycles. The van der Waals surface area contributed by atoms with Gasteiger partial charge in [-0.05, 0) is 65.7 Å². The molecule has 0 bridgehead atoms. The molecule has 0 amide bonds. The summed E-state index contributed by atoms with van der Waals surface area (Å²) in [4.78, 5) is 0. The average molecular weight is 611 g/mol. The fourth-order valence-corrected chi connectivity index (χ4v) is 7.38. The summed E-state index contributed by atoms with van der Waals surface area (Å²) in [5.41, 5.74) is 11.3. The van der Waals surface area contributed by atoms with Crippen LogP contribution in [0, 0.1) is 22.7 Å². The number of aromatic nitrogens is 2. The predicted molar refractivity (Wildman–Crippen MR) is 195 cm³/mol. The Morgan fingerprint density at radius 1 is 0.417 bits per heavy atom. The normalized spacial score (nSPS) is 11.3. The summed E-state index contributed by atoms with van der Waals surface area (Å²) in [5.74, 6) is 0. The second kappa shape index (κ2) is 10.9. The van der Waals surface area contributed by atoms with Gasteiger partial charge in [0, 0.05) is 38.4 Å². The van der Waals surface area contributed by atoms with Crippen LogP contribution in [0.5, 0.6) is 0 Å². The minimum Gasteiger partial charge on any atom is -0.309 e. The quantitative estimate of drug-likeness (QED) is 0.199. The molecule has 2 heterocycles. The number of nitrogens with zero attached hydrogens (tertiary/aromatic N) is 4. The van der Waals surface area contributed by atoms with Gasteiger partial charge in [-0.2, -0.15) is 10.5 Å². The number of nitriles is 2. The van der Waals surface area contributed by atoms with Gasteiger partial charge in [0.25, 0.3) is 0 Å². The zero-order valence-corrected chi connectivity index (χ0v) is 25.8. The zero-order valence-electron chi connectivity index (χ0n) is 25.8. The van der Waals surface area contributed by atoms with Crippen LogP contribution in [0.2, 0.25) is 0 Å². The van der Waals surface area contributed by atoms with E-state index in [1.165, 1.54) is 10.8 Å². The fourth-order valence-electron chi connectivity index (χ4n) is 7.38. The summed E-state index contributed by atoms with van der Waals surface area (Å²) in [5, 5.41) is 24.9. The summed E-state index contributed by atoms with van der Waals surface area (Å²) >= 11 is 0. The van der Waals surface area contributed by atoms with E-state index in [9.17, 15) is 10.5 Å². The highest BCUT2D eigenvalue weighted by Gasteiger charge is 2.20. The highest BCUT2D eigenvalue weighted by Crippen LogP contribution is 2.42. The van der Waals surface area contributed by atoms with Crippen LogP contribution in [-0.2, 0) is 0 Å². The van der Waals surface area contributed by atoms with E-state index >= 15 is 0 Å². The van der Waals surface area contributed by atoms with Gasteiger partial charge >= 0.3 is 0 Å². The molecule has 9 rings (SSSR count). The SMILES string of the molecule is N#Cc1ccc2c3ccccc3n(-c3ccccc3-c3cccc(C#N)c3-c3cccc(-n4c5ccccc5c5ccccc54)c3)c2c1. The molecular weight excluding hydrogens is 585 g/mol. The Morgan fingerprint density at radius 3 is 1.69 bits per heavy atom. The molecule has 0 spiro atoms. The number of benzene rings is 7. The van der Waals surface area contributed by atoms with Gasteiger partial charge in [0.15, 0.2) is 0 Å².